The Bertz CT molecular complexity index is 963. The van der Waals surface area contributed by atoms with Crippen molar-refractivity contribution in [3.63, 3.8) is 0 Å². The second-order valence-corrected chi connectivity index (χ2v) is 7.98. The molecule has 128 valence electrons. The van der Waals surface area contributed by atoms with Crippen molar-refractivity contribution >= 4 is 28.0 Å². The van der Waals surface area contributed by atoms with Gasteiger partial charge in [-0.25, -0.2) is 0 Å². The topological polar surface area (TPSA) is 71.7 Å². The monoisotopic (exact) mass is 372 g/mol. The van der Waals surface area contributed by atoms with Crippen LogP contribution < -0.4 is 4.83 Å². The van der Waals surface area contributed by atoms with Gasteiger partial charge in [0.2, 0.25) is 0 Å². The van der Waals surface area contributed by atoms with Crippen LogP contribution >= 0.6 is 11.8 Å². The predicted molar refractivity (Wildman–Crippen MR) is 98.4 cm³/mol. The highest BCUT2D eigenvalue weighted by atomic mass is 32.2. The molecule has 0 aliphatic carbocycles. The molecule has 0 spiro atoms. The van der Waals surface area contributed by atoms with Crippen LogP contribution in [0, 0.1) is 6.92 Å². The van der Waals surface area contributed by atoms with E-state index in [-0.39, 0.29) is 4.90 Å². The van der Waals surface area contributed by atoms with Gasteiger partial charge in [-0.05, 0) is 43.3 Å². The average Bonchev–Trinajstić information content (AvgIpc) is 3.03. The fourth-order valence-electron chi connectivity index (χ4n) is 1.99. The average molecular weight is 372 g/mol. The number of rotatable bonds is 6. The largest absolute Gasteiger partial charge is 0.448 e. The number of aryl methyl sites for hydroxylation is 1. The third-order valence-corrected chi connectivity index (χ3v) is 5.43. The summed E-state index contributed by atoms with van der Waals surface area (Å²) in [7, 11) is -3.68. The lowest BCUT2D eigenvalue weighted by atomic mass is 10.2. The van der Waals surface area contributed by atoms with E-state index in [2.05, 4.69) is 9.93 Å². The highest BCUT2D eigenvalue weighted by Gasteiger charge is 2.12. The Hall–Kier alpha value is -2.51. The molecule has 0 amide bonds. The fraction of sp³-hybridized carbons (Fsp3) is 0.0556. The summed E-state index contributed by atoms with van der Waals surface area (Å²) in [6.07, 6.45) is 1.33. The molecule has 7 heteroatoms. The summed E-state index contributed by atoms with van der Waals surface area (Å²) in [5.41, 5.74) is 0.987. The van der Waals surface area contributed by atoms with Crippen LogP contribution in [0.4, 0.5) is 0 Å². The number of hydrogen-bond acceptors (Lipinski definition) is 5. The molecule has 0 bridgehead atoms. The molecule has 1 N–H and O–H groups in total. The first-order chi connectivity index (χ1) is 12.0. The molecule has 0 saturated heterocycles. The molecular formula is C18H16N2O3S2. The molecule has 0 fully saturated rings. The fourth-order valence-corrected chi connectivity index (χ4v) is 3.58. The number of furan rings is 1. The zero-order chi connectivity index (χ0) is 17.7. The SMILES string of the molecule is Cc1ccc(S(=O)(=O)N/N=C\c2ccc(Sc3ccccc3)o2)cc1. The predicted octanol–water partition coefficient (Wildman–Crippen LogP) is 4.05. The summed E-state index contributed by atoms with van der Waals surface area (Å²) in [6, 6.07) is 19.9. The highest BCUT2D eigenvalue weighted by Crippen LogP contribution is 2.28. The van der Waals surface area contributed by atoms with Gasteiger partial charge in [-0.2, -0.15) is 18.4 Å². The Balaban J connectivity index is 1.63. The van der Waals surface area contributed by atoms with E-state index < -0.39 is 10.0 Å². The van der Waals surface area contributed by atoms with Crippen molar-refractivity contribution in [2.24, 2.45) is 5.10 Å². The van der Waals surface area contributed by atoms with Crippen molar-refractivity contribution in [3.8, 4) is 0 Å². The molecule has 25 heavy (non-hydrogen) atoms. The van der Waals surface area contributed by atoms with Gasteiger partial charge in [0.25, 0.3) is 10.0 Å². The lowest BCUT2D eigenvalue weighted by molar-refractivity contribution is 0.469. The van der Waals surface area contributed by atoms with E-state index in [4.69, 9.17) is 4.42 Å². The molecule has 0 aliphatic heterocycles. The van der Waals surface area contributed by atoms with Crippen molar-refractivity contribution in [1.82, 2.24) is 4.83 Å². The smallest absolute Gasteiger partial charge is 0.276 e. The third-order valence-electron chi connectivity index (χ3n) is 3.26. The summed E-state index contributed by atoms with van der Waals surface area (Å²) in [6.45, 7) is 1.89. The van der Waals surface area contributed by atoms with E-state index in [9.17, 15) is 8.42 Å². The Labute approximate surface area is 150 Å². The molecule has 0 unspecified atom stereocenters. The number of sulfonamides is 1. The minimum atomic E-state index is -3.68. The normalized spacial score (nSPS) is 11.7. The number of nitrogens with zero attached hydrogens (tertiary/aromatic N) is 1. The summed E-state index contributed by atoms with van der Waals surface area (Å²) in [5, 5.41) is 4.47. The molecule has 5 nitrogen and oxygen atoms in total. The van der Waals surface area contributed by atoms with Gasteiger partial charge >= 0.3 is 0 Å². The first kappa shape index (κ1) is 17.3. The zero-order valence-corrected chi connectivity index (χ0v) is 15.0. The lowest BCUT2D eigenvalue weighted by Gasteiger charge is -2.03. The quantitative estimate of drug-likeness (QED) is 0.523. The van der Waals surface area contributed by atoms with Crippen molar-refractivity contribution in [3.05, 3.63) is 78.1 Å². The van der Waals surface area contributed by atoms with Crippen LogP contribution in [0.25, 0.3) is 0 Å². The Morgan fingerprint density at radius 1 is 1.00 bits per heavy atom. The maximum atomic E-state index is 12.1. The van der Waals surface area contributed by atoms with Gasteiger partial charge < -0.3 is 4.42 Å². The molecule has 0 radical (unpaired) electrons. The van der Waals surface area contributed by atoms with Crippen LogP contribution in [0.3, 0.4) is 0 Å². The van der Waals surface area contributed by atoms with Crippen LogP contribution in [0.15, 0.2) is 91.1 Å². The first-order valence-electron chi connectivity index (χ1n) is 7.47. The summed E-state index contributed by atoms with van der Waals surface area (Å²) >= 11 is 1.48. The molecule has 1 heterocycles. The summed E-state index contributed by atoms with van der Waals surface area (Å²) in [4.78, 5) is 3.40. The minimum Gasteiger partial charge on any atom is -0.448 e. The van der Waals surface area contributed by atoms with E-state index in [0.717, 1.165) is 10.5 Å². The van der Waals surface area contributed by atoms with Gasteiger partial charge in [0, 0.05) is 4.90 Å². The number of hydrazone groups is 1. The number of nitrogens with one attached hydrogen (secondary N) is 1. The maximum absolute atomic E-state index is 12.1. The number of hydrogen-bond donors (Lipinski definition) is 1. The van der Waals surface area contributed by atoms with Gasteiger partial charge in [0.05, 0.1) is 11.1 Å². The van der Waals surface area contributed by atoms with E-state index in [0.29, 0.717) is 10.9 Å². The highest BCUT2D eigenvalue weighted by molar-refractivity contribution is 7.99. The van der Waals surface area contributed by atoms with Gasteiger partial charge in [0.1, 0.15) is 5.76 Å². The van der Waals surface area contributed by atoms with Crippen LogP contribution in [0.2, 0.25) is 0 Å². The van der Waals surface area contributed by atoms with Crippen LogP contribution in [0.5, 0.6) is 0 Å². The third kappa shape index (κ3) is 4.74. The van der Waals surface area contributed by atoms with Crippen molar-refractivity contribution < 1.29 is 12.8 Å². The van der Waals surface area contributed by atoms with E-state index in [1.165, 1.54) is 30.1 Å². The summed E-state index contributed by atoms with van der Waals surface area (Å²) < 4.78 is 29.8. The van der Waals surface area contributed by atoms with Gasteiger partial charge in [0.15, 0.2) is 5.09 Å². The molecular weight excluding hydrogens is 356 g/mol. The van der Waals surface area contributed by atoms with Gasteiger partial charge in [-0.3, -0.25) is 0 Å². The molecule has 0 saturated carbocycles. The number of benzene rings is 2. The standard InChI is InChI=1S/C18H16N2O3S2/c1-14-7-10-17(11-8-14)25(21,22)20-19-13-15-9-12-18(23-15)24-16-5-3-2-4-6-16/h2-13,20H,1H3/b19-13-. The summed E-state index contributed by atoms with van der Waals surface area (Å²) in [5.74, 6) is 0.463. The van der Waals surface area contributed by atoms with Crippen molar-refractivity contribution in [2.45, 2.75) is 21.8 Å². The molecule has 1 aromatic heterocycles. The van der Waals surface area contributed by atoms with Crippen LogP contribution in [0.1, 0.15) is 11.3 Å². The first-order valence-corrected chi connectivity index (χ1v) is 9.77. The van der Waals surface area contributed by atoms with Crippen molar-refractivity contribution in [2.75, 3.05) is 0 Å². The minimum absolute atomic E-state index is 0.162. The molecule has 0 aliphatic rings. The molecule has 2 aromatic carbocycles. The molecule has 3 rings (SSSR count). The lowest BCUT2D eigenvalue weighted by Crippen LogP contribution is -2.18. The Morgan fingerprint density at radius 3 is 2.44 bits per heavy atom. The Kier molecular flexibility index (Phi) is 5.25. The molecule has 0 atom stereocenters. The zero-order valence-electron chi connectivity index (χ0n) is 13.4. The second kappa shape index (κ2) is 7.58. The van der Waals surface area contributed by atoms with E-state index in [1.807, 2.05) is 43.3 Å². The molecule has 3 aromatic rings. The second-order valence-electron chi connectivity index (χ2n) is 5.24. The van der Waals surface area contributed by atoms with E-state index in [1.54, 1.807) is 18.2 Å². The van der Waals surface area contributed by atoms with Crippen LogP contribution in [-0.2, 0) is 10.0 Å². The van der Waals surface area contributed by atoms with Gasteiger partial charge in [-0.1, -0.05) is 47.7 Å². The van der Waals surface area contributed by atoms with Gasteiger partial charge in [-0.15, -0.1) is 0 Å². The Morgan fingerprint density at radius 2 is 1.72 bits per heavy atom. The van der Waals surface area contributed by atoms with E-state index >= 15 is 0 Å². The maximum Gasteiger partial charge on any atom is 0.276 e. The van der Waals surface area contributed by atoms with Crippen molar-refractivity contribution in [1.29, 1.82) is 0 Å². The van der Waals surface area contributed by atoms with Crippen LogP contribution in [-0.4, -0.2) is 14.6 Å².